The van der Waals surface area contributed by atoms with E-state index in [4.69, 9.17) is 18.9 Å². The van der Waals surface area contributed by atoms with Crippen LogP contribution in [0.4, 0.5) is 0 Å². The fraction of sp³-hybridized carbons (Fsp3) is 0.906. The van der Waals surface area contributed by atoms with Crippen LogP contribution < -0.4 is 5.32 Å². The smallest absolute Gasteiger partial charge is 0.220 e. The Morgan fingerprint density at radius 3 is 1.45 bits per heavy atom. The second-order valence-corrected chi connectivity index (χ2v) is 19.4. The summed E-state index contributed by atoms with van der Waals surface area (Å²) in [6.45, 7) is 2.63. The van der Waals surface area contributed by atoms with Crippen LogP contribution in [0, 0.1) is 0 Å². The summed E-state index contributed by atoms with van der Waals surface area (Å²) in [4.78, 5) is 13.0. The zero-order valence-corrected chi connectivity index (χ0v) is 41.9. The first kappa shape index (κ1) is 61.6. The first-order valence-electron chi connectivity index (χ1n) is 27.1. The molecule has 0 aromatic heterocycles. The topological polar surface area (TPSA) is 228 Å². The molecule has 14 heteroatoms. The van der Waals surface area contributed by atoms with E-state index in [1.165, 1.54) is 148 Å². The van der Waals surface area contributed by atoms with E-state index in [9.17, 15) is 45.6 Å². The van der Waals surface area contributed by atoms with E-state index in [2.05, 4.69) is 31.3 Å². The van der Waals surface area contributed by atoms with Gasteiger partial charge in [0.15, 0.2) is 12.6 Å². The van der Waals surface area contributed by atoms with Gasteiger partial charge in [-0.3, -0.25) is 4.79 Å². The van der Waals surface area contributed by atoms with E-state index < -0.39 is 86.8 Å². The lowest BCUT2D eigenvalue weighted by Crippen LogP contribution is -2.65. The number of carbonyl (C=O) groups is 1. The fourth-order valence-corrected chi connectivity index (χ4v) is 8.92. The van der Waals surface area contributed by atoms with Crippen LogP contribution in [0.1, 0.15) is 213 Å². The quantitative estimate of drug-likeness (QED) is 0.0211. The van der Waals surface area contributed by atoms with Crippen molar-refractivity contribution in [3.8, 4) is 0 Å². The van der Waals surface area contributed by atoms with Gasteiger partial charge in [0.05, 0.1) is 32.0 Å². The van der Waals surface area contributed by atoms with Crippen molar-refractivity contribution in [3.63, 3.8) is 0 Å². The van der Waals surface area contributed by atoms with Gasteiger partial charge >= 0.3 is 0 Å². The van der Waals surface area contributed by atoms with Gasteiger partial charge in [0, 0.05) is 6.42 Å². The number of hydrogen-bond donors (Lipinski definition) is 9. The summed E-state index contributed by atoms with van der Waals surface area (Å²) < 4.78 is 22.5. The van der Waals surface area contributed by atoms with Crippen LogP contribution in [0.5, 0.6) is 0 Å². The van der Waals surface area contributed by atoms with Crippen molar-refractivity contribution in [2.45, 2.75) is 286 Å². The van der Waals surface area contributed by atoms with Crippen molar-refractivity contribution >= 4 is 5.91 Å². The summed E-state index contributed by atoms with van der Waals surface area (Å²) in [5.41, 5.74) is 0. The Morgan fingerprint density at radius 2 is 0.955 bits per heavy atom. The first-order chi connectivity index (χ1) is 32.6. The summed E-state index contributed by atoms with van der Waals surface area (Å²) in [5, 5.41) is 86.1. The molecule has 2 fully saturated rings. The molecule has 0 aliphatic carbocycles. The lowest BCUT2D eigenvalue weighted by Gasteiger charge is -2.46. The molecule has 0 saturated carbocycles. The van der Waals surface area contributed by atoms with E-state index in [1.807, 2.05) is 6.08 Å². The third-order valence-electron chi connectivity index (χ3n) is 13.4. The molecule has 12 atom stereocenters. The molecular formula is C53H99NO13. The number of amides is 1. The highest BCUT2D eigenvalue weighted by Gasteiger charge is 2.51. The number of aliphatic hydroxyl groups is 8. The molecule has 1 amide bonds. The predicted octanol–water partition coefficient (Wildman–Crippen LogP) is 7.72. The highest BCUT2D eigenvalue weighted by Crippen LogP contribution is 2.30. The van der Waals surface area contributed by atoms with Crippen LogP contribution in [0.15, 0.2) is 24.3 Å². The van der Waals surface area contributed by atoms with Gasteiger partial charge in [-0.2, -0.15) is 0 Å². The molecule has 2 aliphatic heterocycles. The predicted molar refractivity (Wildman–Crippen MR) is 263 cm³/mol. The van der Waals surface area contributed by atoms with Crippen molar-refractivity contribution in [1.82, 2.24) is 5.32 Å². The molecule has 394 valence electrons. The fourth-order valence-electron chi connectivity index (χ4n) is 8.92. The minimum Gasteiger partial charge on any atom is -0.394 e. The van der Waals surface area contributed by atoms with Gasteiger partial charge in [0.1, 0.15) is 48.8 Å². The molecule has 67 heavy (non-hydrogen) atoms. The van der Waals surface area contributed by atoms with Gasteiger partial charge in [-0.05, 0) is 38.5 Å². The van der Waals surface area contributed by atoms with E-state index in [0.717, 1.165) is 38.5 Å². The highest BCUT2D eigenvalue weighted by molar-refractivity contribution is 5.76. The summed E-state index contributed by atoms with van der Waals surface area (Å²) in [5.74, 6) is -0.247. The Kier molecular flexibility index (Phi) is 36.9. The zero-order valence-electron chi connectivity index (χ0n) is 41.9. The Bertz CT molecular complexity index is 1220. The van der Waals surface area contributed by atoms with E-state index in [-0.39, 0.29) is 18.9 Å². The minimum absolute atomic E-state index is 0.247. The summed E-state index contributed by atoms with van der Waals surface area (Å²) in [6.07, 6.45) is 29.1. The van der Waals surface area contributed by atoms with Crippen molar-refractivity contribution in [3.05, 3.63) is 24.3 Å². The number of rotatable bonds is 42. The van der Waals surface area contributed by atoms with Crippen LogP contribution in [-0.2, 0) is 23.7 Å². The van der Waals surface area contributed by atoms with E-state index in [0.29, 0.717) is 6.42 Å². The number of carbonyl (C=O) groups excluding carboxylic acids is 1. The number of aliphatic hydroxyl groups excluding tert-OH is 8. The number of allylic oxidation sites excluding steroid dienone is 3. The maximum absolute atomic E-state index is 13.0. The average Bonchev–Trinajstić information content (AvgIpc) is 3.33. The van der Waals surface area contributed by atoms with E-state index >= 15 is 0 Å². The molecule has 0 aromatic carbocycles. The second kappa shape index (κ2) is 40.1. The molecule has 2 aliphatic rings. The third kappa shape index (κ3) is 27.0. The van der Waals surface area contributed by atoms with Crippen molar-refractivity contribution in [2.75, 3.05) is 19.8 Å². The van der Waals surface area contributed by atoms with Crippen LogP contribution in [0.25, 0.3) is 0 Å². The highest BCUT2D eigenvalue weighted by atomic mass is 16.7. The van der Waals surface area contributed by atoms with Crippen LogP contribution in [-0.4, -0.2) is 140 Å². The van der Waals surface area contributed by atoms with Gasteiger partial charge in [-0.1, -0.05) is 192 Å². The number of unbranched alkanes of at least 4 members (excludes halogenated alkanes) is 27. The summed E-state index contributed by atoms with van der Waals surface area (Å²) in [6, 6.07) is -0.907. The average molecular weight is 958 g/mol. The molecule has 2 heterocycles. The molecule has 0 radical (unpaired) electrons. The van der Waals surface area contributed by atoms with Crippen molar-refractivity contribution < 1.29 is 64.6 Å². The Labute approximate surface area is 405 Å². The van der Waals surface area contributed by atoms with Gasteiger partial charge in [0.25, 0.3) is 0 Å². The Morgan fingerprint density at radius 1 is 0.522 bits per heavy atom. The van der Waals surface area contributed by atoms with Gasteiger partial charge in [0.2, 0.25) is 5.91 Å². The standard InChI is InChI=1S/C53H99NO13/c1-3-5-7-9-10-11-12-13-14-15-16-17-18-19-20-21-22-23-24-25-26-27-28-29-30-31-32-33-35-37-45(58)54-41(42(57)36-34-8-6-4-2)40-64-52-50(63)48(61)51(44(39-56)66-52)67-53-49(62)47(60)46(59)43(38-55)65-53/h15-16,34,36,41-44,46-53,55-57,59-63H,3-14,17-33,35,37-40H2,1-2H3,(H,54,58)/b16-15-,36-34+. The number of nitrogens with one attached hydrogen (secondary N) is 1. The monoisotopic (exact) mass is 958 g/mol. The largest absolute Gasteiger partial charge is 0.394 e. The number of ether oxygens (including phenoxy) is 4. The maximum atomic E-state index is 13.0. The Hall–Kier alpha value is -1.53. The van der Waals surface area contributed by atoms with Crippen molar-refractivity contribution in [1.29, 1.82) is 0 Å². The molecule has 2 saturated heterocycles. The molecule has 0 aromatic rings. The molecular weight excluding hydrogens is 859 g/mol. The molecule has 14 nitrogen and oxygen atoms in total. The van der Waals surface area contributed by atoms with Crippen molar-refractivity contribution in [2.24, 2.45) is 0 Å². The summed E-state index contributed by atoms with van der Waals surface area (Å²) >= 11 is 0. The normalized spacial score (nSPS) is 26.7. The van der Waals surface area contributed by atoms with Gasteiger partial charge in [-0.15, -0.1) is 0 Å². The van der Waals surface area contributed by atoms with Gasteiger partial charge < -0.3 is 65.1 Å². The molecule has 2 rings (SSSR count). The molecule has 12 unspecified atom stereocenters. The lowest BCUT2D eigenvalue weighted by atomic mass is 9.97. The maximum Gasteiger partial charge on any atom is 0.220 e. The summed E-state index contributed by atoms with van der Waals surface area (Å²) in [7, 11) is 0. The number of hydrogen-bond acceptors (Lipinski definition) is 13. The third-order valence-corrected chi connectivity index (χ3v) is 13.4. The molecule has 0 bridgehead atoms. The second-order valence-electron chi connectivity index (χ2n) is 19.4. The lowest BCUT2D eigenvalue weighted by molar-refractivity contribution is -0.359. The zero-order chi connectivity index (χ0) is 48.9. The van der Waals surface area contributed by atoms with E-state index in [1.54, 1.807) is 6.08 Å². The van der Waals surface area contributed by atoms with Crippen LogP contribution >= 0.6 is 0 Å². The van der Waals surface area contributed by atoms with Crippen LogP contribution in [0.2, 0.25) is 0 Å². The molecule has 0 spiro atoms. The van der Waals surface area contributed by atoms with Crippen LogP contribution in [0.3, 0.4) is 0 Å². The molecule has 9 N–H and O–H groups in total. The SMILES string of the molecule is CCCC/C=C/C(O)C(COC1OC(CO)C(OC2OC(CO)C(O)C(O)C2O)C(O)C1O)NC(=O)CCCCCCCCCCCCCCCCCCC/C=C\CCCCCCCCCC. The van der Waals surface area contributed by atoms with Gasteiger partial charge in [-0.25, -0.2) is 0 Å². The minimum atomic E-state index is -1.78. The first-order valence-corrected chi connectivity index (χ1v) is 27.1. The Balaban J connectivity index is 1.56.